The third-order valence-corrected chi connectivity index (χ3v) is 4.14. The van der Waals surface area contributed by atoms with Crippen LogP contribution >= 0.6 is 11.3 Å². The predicted molar refractivity (Wildman–Crippen MR) is 85.2 cm³/mol. The van der Waals surface area contributed by atoms with Crippen LogP contribution in [0.1, 0.15) is 16.0 Å². The number of anilines is 1. The van der Waals surface area contributed by atoms with Crippen molar-refractivity contribution in [3.63, 3.8) is 0 Å². The zero-order valence-electron chi connectivity index (χ0n) is 11.9. The minimum Gasteiger partial charge on any atom is -0.373 e. The van der Waals surface area contributed by atoms with Crippen molar-refractivity contribution >= 4 is 17.0 Å². The second-order valence-electron chi connectivity index (χ2n) is 4.97. The van der Waals surface area contributed by atoms with Crippen molar-refractivity contribution in [2.24, 2.45) is 0 Å². The molecule has 0 aliphatic rings. The van der Waals surface area contributed by atoms with Gasteiger partial charge in [0.2, 0.25) is 0 Å². The first-order chi connectivity index (χ1) is 9.16. The average Bonchev–Trinajstić information content (AvgIpc) is 2.87. The smallest absolute Gasteiger partial charge is 0.0393 e. The molecule has 2 rings (SSSR count). The normalized spacial score (nSPS) is 10.7. The van der Waals surface area contributed by atoms with Gasteiger partial charge in [0.05, 0.1) is 0 Å². The van der Waals surface area contributed by atoms with Gasteiger partial charge in [0.1, 0.15) is 0 Å². The van der Waals surface area contributed by atoms with Gasteiger partial charge < -0.3 is 10.2 Å². The van der Waals surface area contributed by atoms with E-state index < -0.39 is 0 Å². The molecular weight excluding hydrogens is 252 g/mol. The molecule has 1 heterocycles. The number of hydrogen-bond donors (Lipinski definition) is 1. The molecule has 0 saturated carbocycles. The van der Waals surface area contributed by atoms with Crippen LogP contribution in [0.2, 0.25) is 0 Å². The number of aryl methyl sites for hydroxylation is 2. The van der Waals surface area contributed by atoms with E-state index in [0.717, 1.165) is 19.6 Å². The highest BCUT2D eigenvalue weighted by molar-refractivity contribution is 7.09. The van der Waals surface area contributed by atoms with Crippen LogP contribution in [0, 0.1) is 13.8 Å². The van der Waals surface area contributed by atoms with E-state index in [0.29, 0.717) is 0 Å². The van der Waals surface area contributed by atoms with Gasteiger partial charge in [-0.3, -0.25) is 0 Å². The van der Waals surface area contributed by atoms with Gasteiger partial charge in [0.25, 0.3) is 0 Å². The molecule has 0 atom stereocenters. The first kappa shape index (κ1) is 14.1. The number of hydrogen-bond acceptors (Lipinski definition) is 3. The second kappa shape index (κ2) is 6.73. The molecule has 2 aromatic rings. The molecule has 0 spiro atoms. The topological polar surface area (TPSA) is 15.3 Å². The molecule has 3 heteroatoms. The molecule has 1 aromatic carbocycles. The lowest BCUT2D eigenvalue weighted by Crippen LogP contribution is -2.29. The molecule has 0 aliphatic carbocycles. The van der Waals surface area contributed by atoms with Crippen LogP contribution in [0.15, 0.2) is 35.7 Å². The molecule has 0 amide bonds. The number of benzene rings is 1. The molecule has 0 fully saturated rings. The average molecular weight is 274 g/mol. The Bertz CT molecular complexity index is 505. The van der Waals surface area contributed by atoms with Crippen molar-refractivity contribution in [1.82, 2.24) is 5.32 Å². The number of thiophene rings is 1. The summed E-state index contributed by atoms with van der Waals surface area (Å²) < 4.78 is 0. The number of likely N-dealkylation sites (N-methyl/N-ethyl adjacent to an activating group) is 1. The fraction of sp³-hybridized carbons (Fsp3) is 0.375. The van der Waals surface area contributed by atoms with E-state index in [1.807, 2.05) is 0 Å². The highest BCUT2D eigenvalue weighted by atomic mass is 32.1. The van der Waals surface area contributed by atoms with Crippen LogP contribution in [0.4, 0.5) is 5.69 Å². The lowest BCUT2D eigenvalue weighted by molar-refractivity contribution is 0.685. The van der Waals surface area contributed by atoms with Crippen molar-refractivity contribution in [2.75, 3.05) is 25.0 Å². The highest BCUT2D eigenvalue weighted by Crippen LogP contribution is 2.19. The first-order valence-electron chi connectivity index (χ1n) is 6.68. The fourth-order valence-corrected chi connectivity index (χ4v) is 2.90. The molecule has 19 heavy (non-hydrogen) atoms. The van der Waals surface area contributed by atoms with Crippen molar-refractivity contribution in [3.05, 3.63) is 51.7 Å². The van der Waals surface area contributed by atoms with E-state index in [2.05, 4.69) is 66.8 Å². The van der Waals surface area contributed by atoms with Crippen molar-refractivity contribution in [1.29, 1.82) is 0 Å². The Morgan fingerprint density at radius 1 is 1.21 bits per heavy atom. The van der Waals surface area contributed by atoms with Crippen molar-refractivity contribution in [2.45, 2.75) is 20.4 Å². The molecular formula is C16H22N2S. The predicted octanol–water partition coefficient (Wildman–Crippen LogP) is 3.59. The summed E-state index contributed by atoms with van der Waals surface area (Å²) in [7, 11) is 2.16. The van der Waals surface area contributed by atoms with Crippen LogP contribution in [0.3, 0.4) is 0 Å². The van der Waals surface area contributed by atoms with Crippen molar-refractivity contribution in [3.8, 4) is 0 Å². The lowest BCUT2D eigenvalue weighted by atomic mass is 10.1. The largest absolute Gasteiger partial charge is 0.373 e. The Morgan fingerprint density at radius 2 is 2.05 bits per heavy atom. The standard InChI is InChI=1S/C16H22N2S/c1-13-6-7-16(14(2)11-13)18(3)9-8-17-12-15-5-4-10-19-15/h4-7,10-11,17H,8-9,12H2,1-3H3. The zero-order valence-corrected chi connectivity index (χ0v) is 12.8. The SMILES string of the molecule is Cc1ccc(N(C)CCNCc2cccs2)c(C)c1. The molecule has 0 unspecified atom stereocenters. The summed E-state index contributed by atoms with van der Waals surface area (Å²) >= 11 is 1.81. The van der Waals surface area contributed by atoms with Crippen LogP contribution in [-0.2, 0) is 6.54 Å². The summed E-state index contributed by atoms with van der Waals surface area (Å²) in [5, 5.41) is 5.61. The lowest BCUT2D eigenvalue weighted by Gasteiger charge is -2.22. The molecule has 1 N–H and O–H groups in total. The van der Waals surface area contributed by atoms with E-state index in [9.17, 15) is 0 Å². The van der Waals surface area contributed by atoms with E-state index in [-0.39, 0.29) is 0 Å². The van der Waals surface area contributed by atoms with Gasteiger partial charge in [0, 0.05) is 37.2 Å². The second-order valence-corrected chi connectivity index (χ2v) is 6.00. The molecule has 0 aliphatic heterocycles. The number of nitrogens with one attached hydrogen (secondary N) is 1. The monoisotopic (exact) mass is 274 g/mol. The third kappa shape index (κ3) is 4.08. The van der Waals surface area contributed by atoms with E-state index >= 15 is 0 Å². The third-order valence-electron chi connectivity index (χ3n) is 3.27. The van der Waals surface area contributed by atoms with Crippen LogP contribution in [0.25, 0.3) is 0 Å². The summed E-state index contributed by atoms with van der Waals surface area (Å²) in [6.45, 7) is 7.31. The van der Waals surface area contributed by atoms with E-state index in [1.165, 1.54) is 21.7 Å². The van der Waals surface area contributed by atoms with Crippen LogP contribution in [0.5, 0.6) is 0 Å². The van der Waals surface area contributed by atoms with Gasteiger partial charge in [-0.2, -0.15) is 0 Å². The summed E-state index contributed by atoms with van der Waals surface area (Å²) in [4.78, 5) is 3.71. The van der Waals surface area contributed by atoms with Gasteiger partial charge in [-0.25, -0.2) is 0 Å². The number of rotatable bonds is 6. The summed E-state index contributed by atoms with van der Waals surface area (Å²) in [6.07, 6.45) is 0. The first-order valence-corrected chi connectivity index (χ1v) is 7.56. The summed E-state index contributed by atoms with van der Waals surface area (Å²) in [6, 6.07) is 10.9. The summed E-state index contributed by atoms with van der Waals surface area (Å²) in [5.74, 6) is 0. The Morgan fingerprint density at radius 3 is 2.74 bits per heavy atom. The Balaban J connectivity index is 1.79. The van der Waals surface area contributed by atoms with Gasteiger partial charge in [-0.05, 0) is 36.9 Å². The van der Waals surface area contributed by atoms with Crippen LogP contribution in [-0.4, -0.2) is 20.1 Å². The minimum atomic E-state index is 0.971. The maximum Gasteiger partial charge on any atom is 0.0393 e. The molecule has 0 bridgehead atoms. The van der Waals surface area contributed by atoms with E-state index in [4.69, 9.17) is 0 Å². The van der Waals surface area contributed by atoms with Gasteiger partial charge >= 0.3 is 0 Å². The fourth-order valence-electron chi connectivity index (χ4n) is 2.23. The Hall–Kier alpha value is -1.32. The minimum absolute atomic E-state index is 0.971. The zero-order chi connectivity index (χ0) is 13.7. The Kier molecular flexibility index (Phi) is 5.00. The maximum absolute atomic E-state index is 3.49. The maximum atomic E-state index is 3.49. The Labute approximate surface area is 120 Å². The van der Waals surface area contributed by atoms with E-state index in [1.54, 1.807) is 11.3 Å². The van der Waals surface area contributed by atoms with Gasteiger partial charge in [0.15, 0.2) is 0 Å². The number of nitrogens with zero attached hydrogens (tertiary/aromatic N) is 1. The molecule has 102 valence electrons. The summed E-state index contributed by atoms with van der Waals surface area (Å²) in [5.41, 5.74) is 4.00. The molecule has 0 saturated heterocycles. The van der Waals surface area contributed by atoms with Gasteiger partial charge in [-0.1, -0.05) is 23.8 Å². The quantitative estimate of drug-likeness (QED) is 0.810. The molecule has 2 nitrogen and oxygen atoms in total. The van der Waals surface area contributed by atoms with Crippen LogP contribution < -0.4 is 10.2 Å². The highest BCUT2D eigenvalue weighted by Gasteiger charge is 2.04. The van der Waals surface area contributed by atoms with Gasteiger partial charge in [-0.15, -0.1) is 11.3 Å². The molecule has 0 radical (unpaired) electrons. The molecule has 1 aromatic heterocycles. The van der Waals surface area contributed by atoms with Crippen molar-refractivity contribution < 1.29 is 0 Å².